The zero-order chi connectivity index (χ0) is 14.4. The predicted octanol–water partition coefficient (Wildman–Crippen LogP) is 2.24. The maximum Gasteiger partial charge on any atom is 0.306 e. The smallest absolute Gasteiger partial charge is 0.306 e. The van der Waals surface area contributed by atoms with Gasteiger partial charge in [-0.1, -0.05) is 26.8 Å². The summed E-state index contributed by atoms with van der Waals surface area (Å²) in [6.45, 7) is 10.8. The summed E-state index contributed by atoms with van der Waals surface area (Å²) in [4.78, 5) is 11.4. The quantitative estimate of drug-likeness (QED) is 0.480. The number of carbonyl (C=O) groups is 1. The largest absolute Gasteiger partial charge is 0.458 e. The van der Waals surface area contributed by atoms with Crippen LogP contribution in [0, 0.1) is 5.92 Å². The van der Waals surface area contributed by atoms with Gasteiger partial charge in [0.15, 0.2) is 8.32 Å². The summed E-state index contributed by atoms with van der Waals surface area (Å²) in [5.41, 5.74) is 0. The fourth-order valence-electron chi connectivity index (χ4n) is 2.34. The molecule has 4 nitrogen and oxygen atoms in total. The molecule has 2 aliphatic rings. The first-order valence-electron chi connectivity index (χ1n) is 6.85. The van der Waals surface area contributed by atoms with Crippen LogP contribution in [0.4, 0.5) is 0 Å². The number of hydrogen-bond donors (Lipinski definition) is 1. The van der Waals surface area contributed by atoms with Crippen molar-refractivity contribution in [2.45, 2.75) is 63.6 Å². The van der Waals surface area contributed by atoms with Gasteiger partial charge in [-0.2, -0.15) is 0 Å². The van der Waals surface area contributed by atoms with Crippen molar-refractivity contribution in [2.75, 3.05) is 0 Å². The minimum atomic E-state index is -1.98. The van der Waals surface area contributed by atoms with Crippen LogP contribution in [-0.4, -0.2) is 37.7 Å². The van der Waals surface area contributed by atoms with Crippen molar-refractivity contribution in [3.63, 3.8) is 0 Å². The third-order valence-electron chi connectivity index (χ3n) is 4.59. The summed E-state index contributed by atoms with van der Waals surface area (Å²) in [6.07, 6.45) is 2.60. The number of aliphatic hydroxyl groups excluding tert-OH is 1. The van der Waals surface area contributed by atoms with Crippen LogP contribution in [0.5, 0.6) is 0 Å². The fraction of sp³-hybridized carbons (Fsp3) is 0.786. The maximum absolute atomic E-state index is 11.4. The SMILES string of the molecule is CC(C)(C)[Si](C)(C)O[C@H]1[C@@H]2CC(=O)O[C@@H]2C=C[C@H]1O. The average molecular weight is 284 g/mol. The van der Waals surface area contributed by atoms with Crippen molar-refractivity contribution in [1.82, 2.24) is 0 Å². The molecule has 0 radical (unpaired) electrons. The van der Waals surface area contributed by atoms with Gasteiger partial charge in [-0.25, -0.2) is 0 Å². The molecule has 1 aliphatic carbocycles. The molecule has 0 aromatic rings. The van der Waals surface area contributed by atoms with Gasteiger partial charge < -0.3 is 14.3 Å². The first-order valence-corrected chi connectivity index (χ1v) is 9.76. The first kappa shape index (κ1) is 14.7. The van der Waals surface area contributed by atoms with E-state index in [1.165, 1.54) is 0 Å². The topological polar surface area (TPSA) is 55.8 Å². The van der Waals surface area contributed by atoms with Crippen LogP contribution in [-0.2, 0) is 14.0 Å². The van der Waals surface area contributed by atoms with E-state index in [0.717, 1.165) is 0 Å². The Morgan fingerprint density at radius 2 is 2.00 bits per heavy atom. The number of hydrogen-bond acceptors (Lipinski definition) is 4. The molecule has 1 fully saturated rings. The van der Waals surface area contributed by atoms with Crippen LogP contribution in [0.25, 0.3) is 0 Å². The minimum Gasteiger partial charge on any atom is -0.458 e. The van der Waals surface area contributed by atoms with Crippen LogP contribution in [0.1, 0.15) is 27.2 Å². The Labute approximate surface area is 115 Å². The van der Waals surface area contributed by atoms with Gasteiger partial charge in [-0.3, -0.25) is 4.79 Å². The van der Waals surface area contributed by atoms with Crippen molar-refractivity contribution in [2.24, 2.45) is 5.92 Å². The average Bonchev–Trinajstić information content (AvgIpc) is 2.62. The first-order chi connectivity index (χ1) is 8.62. The molecule has 4 atom stereocenters. The number of carbonyl (C=O) groups excluding carboxylic acids is 1. The monoisotopic (exact) mass is 284 g/mol. The van der Waals surface area contributed by atoms with Crippen LogP contribution >= 0.6 is 0 Å². The van der Waals surface area contributed by atoms with Crippen molar-refractivity contribution in [3.8, 4) is 0 Å². The Hall–Kier alpha value is -0.653. The van der Waals surface area contributed by atoms with E-state index < -0.39 is 14.4 Å². The Morgan fingerprint density at radius 3 is 2.58 bits per heavy atom. The van der Waals surface area contributed by atoms with Gasteiger partial charge in [-0.15, -0.1) is 0 Å². The lowest BCUT2D eigenvalue weighted by Gasteiger charge is -2.43. The van der Waals surface area contributed by atoms with E-state index in [0.29, 0.717) is 6.42 Å². The second-order valence-corrected chi connectivity index (χ2v) is 11.8. The molecule has 1 N–H and O–H groups in total. The van der Waals surface area contributed by atoms with E-state index in [2.05, 4.69) is 33.9 Å². The molecule has 0 aromatic carbocycles. The van der Waals surface area contributed by atoms with E-state index in [4.69, 9.17) is 9.16 Å². The molecule has 1 saturated heterocycles. The Bertz CT molecular complexity index is 397. The number of ether oxygens (including phenoxy) is 1. The van der Waals surface area contributed by atoms with Crippen LogP contribution in [0.3, 0.4) is 0 Å². The minimum absolute atomic E-state index is 0.0541. The Morgan fingerprint density at radius 1 is 1.37 bits per heavy atom. The molecule has 1 heterocycles. The molecule has 5 heteroatoms. The van der Waals surface area contributed by atoms with E-state index in [1.54, 1.807) is 12.2 Å². The zero-order valence-corrected chi connectivity index (χ0v) is 13.3. The summed E-state index contributed by atoms with van der Waals surface area (Å²) in [6, 6.07) is 0. The number of fused-ring (bicyclic) bond motifs is 1. The van der Waals surface area contributed by atoms with Gasteiger partial charge in [-0.05, 0) is 24.2 Å². The van der Waals surface area contributed by atoms with Gasteiger partial charge in [0.2, 0.25) is 0 Å². The van der Waals surface area contributed by atoms with Gasteiger partial charge in [0.05, 0.1) is 18.6 Å². The maximum atomic E-state index is 11.4. The van der Waals surface area contributed by atoms with Gasteiger partial charge in [0.25, 0.3) is 0 Å². The second kappa shape index (κ2) is 4.72. The van der Waals surface area contributed by atoms with E-state index in [-0.39, 0.29) is 29.1 Å². The number of rotatable bonds is 2. The molecular weight excluding hydrogens is 260 g/mol. The van der Waals surface area contributed by atoms with E-state index in [9.17, 15) is 9.90 Å². The summed E-state index contributed by atoms with van der Waals surface area (Å²) >= 11 is 0. The third-order valence-corrected chi connectivity index (χ3v) is 9.06. The van der Waals surface area contributed by atoms with Crippen LogP contribution in [0.2, 0.25) is 18.1 Å². The van der Waals surface area contributed by atoms with Crippen molar-refractivity contribution >= 4 is 14.3 Å². The van der Waals surface area contributed by atoms with Crippen molar-refractivity contribution in [1.29, 1.82) is 0 Å². The highest BCUT2D eigenvalue weighted by Gasteiger charge is 2.48. The number of esters is 1. The second-order valence-electron chi connectivity index (χ2n) is 7.04. The molecule has 19 heavy (non-hydrogen) atoms. The molecule has 0 spiro atoms. The van der Waals surface area contributed by atoms with Crippen molar-refractivity contribution < 1.29 is 19.1 Å². The highest BCUT2D eigenvalue weighted by molar-refractivity contribution is 6.74. The molecule has 108 valence electrons. The summed E-state index contributed by atoms with van der Waals surface area (Å²) in [5, 5.41) is 10.3. The molecule has 0 bridgehead atoms. The highest BCUT2D eigenvalue weighted by Crippen LogP contribution is 2.41. The zero-order valence-electron chi connectivity index (χ0n) is 12.3. The molecule has 0 unspecified atom stereocenters. The fourth-order valence-corrected chi connectivity index (χ4v) is 3.69. The van der Waals surface area contributed by atoms with Crippen LogP contribution in [0.15, 0.2) is 12.2 Å². The predicted molar refractivity (Wildman–Crippen MR) is 75.2 cm³/mol. The number of aliphatic hydroxyl groups is 1. The van der Waals surface area contributed by atoms with Gasteiger partial charge in [0, 0.05) is 5.92 Å². The van der Waals surface area contributed by atoms with E-state index >= 15 is 0 Å². The molecular formula is C14H24O4Si. The summed E-state index contributed by atoms with van der Waals surface area (Å²) in [7, 11) is -1.98. The normalized spacial score (nSPS) is 35.2. The standard InChI is InChI=1S/C14H24O4Si/c1-14(2,3)19(4,5)18-13-9-8-12(16)17-11(9)7-6-10(13)15/h6-7,9-11,13,15H,8H2,1-5H3/t9-,10-,11-,13+/m1/s1. The Kier molecular flexibility index (Phi) is 3.66. The van der Waals surface area contributed by atoms with Crippen LogP contribution < -0.4 is 0 Å². The highest BCUT2D eigenvalue weighted by atomic mass is 28.4. The van der Waals surface area contributed by atoms with Gasteiger partial charge >= 0.3 is 5.97 Å². The van der Waals surface area contributed by atoms with Gasteiger partial charge in [0.1, 0.15) is 6.10 Å². The molecule has 0 saturated carbocycles. The lowest BCUT2D eigenvalue weighted by Crippen LogP contribution is -2.51. The van der Waals surface area contributed by atoms with Crippen molar-refractivity contribution in [3.05, 3.63) is 12.2 Å². The summed E-state index contributed by atoms with van der Waals surface area (Å²) in [5.74, 6) is -0.251. The Balaban J connectivity index is 2.19. The van der Waals surface area contributed by atoms with E-state index in [1.807, 2.05) is 0 Å². The molecule has 1 aliphatic heterocycles. The molecule has 2 rings (SSSR count). The lowest BCUT2D eigenvalue weighted by atomic mass is 9.86. The lowest BCUT2D eigenvalue weighted by molar-refractivity contribution is -0.140. The molecule has 0 amide bonds. The summed E-state index contributed by atoms with van der Waals surface area (Å²) < 4.78 is 11.6. The molecule has 0 aromatic heterocycles. The third kappa shape index (κ3) is 2.78.